The van der Waals surface area contributed by atoms with Crippen LogP contribution in [-0.2, 0) is 14.3 Å². The van der Waals surface area contributed by atoms with Crippen LogP contribution in [0.4, 0.5) is 0 Å². The van der Waals surface area contributed by atoms with E-state index in [1.807, 2.05) is 19.0 Å². The highest BCUT2D eigenvalue weighted by molar-refractivity contribution is 7.99. The fraction of sp³-hybridized carbons (Fsp3) is 0.500. The Morgan fingerprint density at radius 3 is 2.40 bits per heavy atom. The van der Waals surface area contributed by atoms with E-state index in [-0.39, 0.29) is 23.4 Å². The highest BCUT2D eigenvalue weighted by Gasteiger charge is 2.23. The number of halogens is 1. The number of likely N-dealkylation sites (N-methyl/N-ethyl adjacent to an activating group) is 1. The molecule has 0 atom stereocenters. The largest absolute Gasteiger partial charge is 0.459 e. The summed E-state index contributed by atoms with van der Waals surface area (Å²) in [7, 11) is 3.81. The first-order chi connectivity index (χ1) is 14.0. The smallest absolute Gasteiger partial charge is 0.326 e. The Kier molecular flexibility index (Phi) is 8.69. The zero-order chi connectivity index (χ0) is 22.3. The second kappa shape index (κ2) is 10.8. The van der Waals surface area contributed by atoms with Gasteiger partial charge in [0.05, 0.1) is 5.75 Å². The van der Waals surface area contributed by atoms with Crippen LogP contribution in [0.5, 0.6) is 0 Å². The summed E-state index contributed by atoms with van der Waals surface area (Å²) in [6.07, 6.45) is 0. The van der Waals surface area contributed by atoms with Gasteiger partial charge in [-0.2, -0.15) is 0 Å². The molecule has 0 saturated heterocycles. The maximum Gasteiger partial charge on any atom is 0.326 e. The number of thioether (sulfide) groups is 1. The van der Waals surface area contributed by atoms with Gasteiger partial charge in [0.25, 0.3) is 5.22 Å². The third kappa shape index (κ3) is 8.33. The van der Waals surface area contributed by atoms with Crippen molar-refractivity contribution in [2.45, 2.75) is 31.6 Å². The van der Waals surface area contributed by atoms with Crippen LogP contribution in [0.1, 0.15) is 20.8 Å². The minimum absolute atomic E-state index is 0.0679. The number of amides is 1. The van der Waals surface area contributed by atoms with Crippen molar-refractivity contribution in [1.82, 2.24) is 20.0 Å². The van der Waals surface area contributed by atoms with Gasteiger partial charge >= 0.3 is 5.97 Å². The summed E-state index contributed by atoms with van der Waals surface area (Å²) in [5.74, 6) is -0.237. The molecule has 0 fully saturated rings. The number of rotatable bonds is 9. The Morgan fingerprint density at radius 2 is 1.80 bits per heavy atom. The zero-order valence-corrected chi connectivity index (χ0v) is 19.4. The first-order valence-corrected chi connectivity index (χ1v) is 10.8. The van der Waals surface area contributed by atoms with Crippen molar-refractivity contribution < 1.29 is 18.7 Å². The molecule has 0 radical (unpaired) electrons. The standard InChI is InChI=1S/C20H27ClN4O4S/c1-20(2,3)29-17(27)12-25(11-10-24(4)5)16(26)13-30-19-23-22-18(28-19)14-6-8-15(21)9-7-14/h6-9H,10-13H2,1-5H3. The van der Waals surface area contributed by atoms with Crippen molar-refractivity contribution in [3.63, 3.8) is 0 Å². The second-order valence-electron chi connectivity index (χ2n) is 7.87. The van der Waals surface area contributed by atoms with E-state index < -0.39 is 11.6 Å². The zero-order valence-electron chi connectivity index (χ0n) is 17.8. The fourth-order valence-electron chi connectivity index (χ4n) is 2.33. The van der Waals surface area contributed by atoms with Crippen molar-refractivity contribution in [2.24, 2.45) is 0 Å². The summed E-state index contributed by atoms with van der Waals surface area (Å²) in [6.45, 7) is 6.30. The van der Waals surface area contributed by atoms with Crippen molar-refractivity contribution in [1.29, 1.82) is 0 Å². The molecule has 0 aliphatic heterocycles. The van der Waals surface area contributed by atoms with Crippen molar-refractivity contribution in [2.75, 3.05) is 39.5 Å². The Labute approximate surface area is 185 Å². The number of hydrogen-bond donors (Lipinski definition) is 0. The molecule has 2 aromatic rings. The predicted molar refractivity (Wildman–Crippen MR) is 116 cm³/mol. The lowest BCUT2D eigenvalue weighted by Gasteiger charge is -2.26. The van der Waals surface area contributed by atoms with Crippen LogP contribution < -0.4 is 0 Å². The highest BCUT2D eigenvalue weighted by Crippen LogP contribution is 2.24. The van der Waals surface area contributed by atoms with E-state index >= 15 is 0 Å². The fourth-order valence-corrected chi connectivity index (χ4v) is 3.13. The first kappa shape index (κ1) is 24.2. The van der Waals surface area contributed by atoms with E-state index in [9.17, 15) is 9.59 Å². The molecule has 0 aliphatic carbocycles. The molecule has 8 nitrogen and oxygen atoms in total. The Bertz CT molecular complexity index is 849. The average Bonchev–Trinajstić information content (AvgIpc) is 3.11. The molecule has 0 spiro atoms. The molecule has 30 heavy (non-hydrogen) atoms. The molecule has 2 rings (SSSR count). The van der Waals surface area contributed by atoms with E-state index in [1.54, 1.807) is 45.0 Å². The minimum Gasteiger partial charge on any atom is -0.459 e. The van der Waals surface area contributed by atoms with Gasteiger partial charge in [0.15, 0.2) is 0 Å². The molecule has 0 saturated carbocycles. The predicted octanol–water partition coefficient (Wildman–Crippen LogP) is 3.21. The Balaban J connectivity index is 1.97. The Hall–Kier alpha value is -2.10. The number of hydrogen-bond acceptors (Lipinski definition) is 8. The second-order valence-corrected chi connectivity index (χ2v) is 9.24. The molecule has 1 aromatic carbocycles. The first-order valence-electron chi connectivity index (χ1n) is 9.40. The molecule has 0 unspecified atom stereocenters. The lowest BCUT2D eigenvalue weighted by molar-refractivity contribution is -0.158. The SMILES string of the molecule is CN(C)CCN(CC(=O)OC(C)(C)C)C(=O)CSc1nnc(-c2ccc(Cl)cc2)o1. The topological polar surface area (TPSA) is 88.8 Å². The number of carbonyl (C=O) groups is 2. The number of nitrogens with zero attached hydrogens (tertiary/aromatic N) is 4. The van der Waals surface area contributed by atoms with Gasteiger partial charge in [-0.05, 0) is 59.1 Å². The van der Waals surface area contributed by atoms with Gasteiger partial charge in [0.1, 0.15) is 12.1 Å². The van der Waals surface area contributed by atoms with E-state index in [0.717, 1.165) is 17.3 Å². The number of benzene rings is 1. The van der Waals surface area contributed by atoms with Gasteiger partial charge in [-0.3, -0.25) is 9.59 Å². The van der Waals surface area contributed by atoms with Crippen molar-refractivity contribution in [3.8, 4) is 11.5 Å². The molecule has 0 aliphatic rings. The van der Waals surface area contributed by atoms with Crippen LogP contribution in [0.3, 0.4) is 0 Å². The van der Waals surface area contributed by atoms with Gasteiger partial charge in [-0.1, -0.05) is 23.4 Å². The molecular weight excluding hydrogens is 428 g/mol. The number of esters is 1. The molecular formula is C20H27ClN4O4S. The number of ether oxygens (including phenoxy) is 1. The number of aromatic nitrogens is 2. The van der Waals surface area contributed by atoms with Gasteiger partial charge in [-0.25, -0.2) is 0 Å². The van der Waals surface area contributed by atoms with E-state index in [0.29, 0.717) is 24.0 Å². The van der Waals surface area contributed by atoms with E-state index in [2.05, 4.69) is 10.2 Å². The quantitative estimate of drug-likeness (QED) is 0.421. The third-order valence-corrected chi connectivity index (χ3v) is 4.78. The average molecular weight is 455 g/mol. The van der Waals surface area contributed by atoms with Crippen LogP contribution in [0.25, 0.3) is 11.5 Å². The summed E-state index contributed by atoms with van der Waals surface area (Å²) >= 11 is 7.01. The Morgan fingerprint density at radius 1 is 1.13 bits per heavy atom. The third-order valence-electron chi connectivity index (χ3n) is 3.73. The van der Waals surface area contributed by atoms with Gasteiger partial charge in [0.2, 0.25) is 11.8 Å². The van der Waals surface area contributed by atoms with Crippen LogP contribution in [0, 0.1) is 0 Å². The van der Waals surface area contributed by atoms with Gasteiger partial charge in [0, 0.05) is 23.7 Å². The van der Waals surface area contributed by atoms with Gasteiger partial charge < -0.3 is 19.0 Å². The summed E-state index contributed by atoms with van der Waals surface area (Å²) < 4.78 is 11.0. The lowest BCUT2D eigenvalue weighted by atomic mass is 10.2. The summed E-state index contributed by atoms with van der Waals surface area (Å²) in [5.41, 5.74) is 0.131. The van der Waals surface area contributed by atoms with Crippen molar-refractivity contribution in [3.05, 3.63) is 29.3 Å². The minimum atomic E-state index is -0.607. The maximum atomic E-state index is 12.7. The van der Waals surface area contributed by atoms with Crippen molar-refractivity contribution >= 4 is 35.2 Å². The van der Waals surface area contributed by atoms with E-state index in [4.69, 9.17) is 20.8 Å². The maximum absolute atomic E-state index is 12.7. The van der Waals surface area contributed by atoms with Crippen LogP contribution in [0.2, 0.25) is 5.02 Å². The van der Waals surface area contributed by atoms with Crippen LogP contribution in [-0.4, -0.2) is 77.0 Å². The van der Waals surface area contributed by atoms with Crippen LogP contribution in [0.15, 0.2) is 33.9 Å². The molecule has 10 heteroatoms. The monoisotopic (exact) mass is 454 g/mol. The molecule has 164 valence electrons. The normalized spacial score (nSPS) is 11.6. The summed E-state index contributed by atoms with van der Waals surface area (Å²) in [4.78, 5) is 28.3. The highest BCUT2D eigenvalue weighted by atomic mass is 35.5. The molecule has 1 heterocycles. The number of carbonyl (C=O) groups excluding carboxylic acids is 2. The summed E-state index contributed by atoms with van der Waals surface area (Å²) in [5, 5.41) is 8.86. The summed E-state index contributed by atoms with van der Waals surface area (Å²) in [6, 6.07) is 7.02. The van der Waals surface area contributed by atoms with Gasteiger partial charge in [-0.15, -0.1) is 10.2 Å². The molecule has 1 amide bonds. The molecule has 1 aromatic heterocycles. The molecule has 0 N–H and O–H groups in total. The molecule has 0 bridgehead atoms. The lowest BCUT2D eigenvalue weighted by Crippen LogP contribution is -2.42. The van der Waals surface area contributed by atoms with Crippen LogP contribution >= 0.6 is 23.4 Å². The van der Waals surface area contributed by atoms with E-state index in [1.165, 1.54) is 4.90 Å².